The molecule has 0 saturated carbocycles. The van der Waals surface area contributed by atoms with Gasteiger partial charge in [-0.1, -0.05) is 12.1 Å². The zero-order valence-corrected chi connectivity index (χ0v) is 8.73. The summed E-state index contributed by atoms with van der Waals surface area (Å²) in [6.07, 6.45) is -4.16. The topological polar surface area (TPSA) is 17.1 Å². The third-order valence-corrected chi connectivity index (χ3v) is 2.51. The Labute approximate surface area is 90.1 Å². The van der Waals surface area contributed by atoms with Crippen molar-refractivity contribution < 1.29 is 22.4 Å². The normalized spacial score (nSPS) is 12.6. The summed E-state index contributed by atoms with van der Waals surface area (Å²) < 4.78 is 51.3. The van der Waals surface area contributed by atoms with Gasteiger partial charge in [-0.25, -0.2) is 4.39 Å². The Balaban J connectivity index is 3.29. The molecule has 0 aliphatic carbocycles. The van der Waals surface area contributed by atoms with Crippen molar-refractivity contribution in [2.45, 2.75) is 25.4 Å². The zero-order valence-electron chi connectivity index (χ0n) is 8.73. The smallest absolute Gasteiger partial charge is 0.298 e. The maximum Gasteiger partial charge on any atom is 0.398 e. The molecule has 0 fully saturated rings. The molecule has 0 atom stereocenters. The van der Waals surface area contributed by atoms with Crippen molar-refractivity contribution in [2.75, 3.05) is 0 Å². The van der Waals surface area contributed by atoms with Crippen LogP contribution in [0.1, 0.15) is 29.8 Å². The second-order valence-corrected chi connectivity index (χ2v) is 3.98. The van der Waals surface area contributed by atoms with E-state index in [0.29, 0.717) is 6.29 Å². The molecule has 0 saturated heterocycles. The monoisotopic (exact) mass is 234 g/mol. The van der Waals surface area contributed by atoms with Gasteiger partial charge >= 0.3 is 6.18 Å². The fourth-order valence-corrected chi connectivity index (χ4v) is 1.26. The van der Waals surface area contributed by atoms with E-state index in [1.54, 1.807) is 0 Å². The summed E-state index contributed by atoms with van der Waals surface area (Å²) in [6, 6.07) is 2.96. The first-order valence-electron chi connectivity index (χ1n) is 4.52. The van der Waals surface area contributed by atoms with Gasteiger partial charge in [-0.3, -0.25) is 4.79 Å². The van der Waals surface area contributed by atoms with E-state index < -0.39 is 23.0 Å². The molecular weight excluding hydrogens is 224 g/mol. The van der Waals surface area contributed by atoms with Crippen LogP contribution in [0, 0.1) is 5.82 Å². The third kappa shape index (κ3) is 2.08. The molecule has 0 bridgehead atoms. The van der Waals surface area contributed by atoms with Gasteiger partial charge in [0.15, 0.2) is 0 Å². The predicted molar refractivity (Wildman–Crippen MR) is 50.9 cm³/mol. The number of benzene rings is 1. The first kappa shape index (κ1) is 12.7. The van der Waals surface area contributed by atoms with Crippen molar-refractivity contribution in [2.24, 2.45) is 0 Å². The van der Waals surface area contributed by atoms with Crippen LogP contribution in [0.25, 0.3) is 0 Å². The van der Waals surface area contributed by atoms with Gasteiger partial charge in [0, 0.05) is 11.1 Å². The number of alkyl halides is 3. The molecule has 0 heterocycles. The second kappa shape index (κ2) is 3.88. The predicted octanol–water partition coefficient (Wildman–Crippen LogP) is 3.48. The van der Waals surface area contributed by atoms with Crippen LogP contribution in [0.3, 0.4) is 0 Å². The Morgan fingerprint density at radius 3 is 2.12 bits per heavy atom. The van der Waals surface area contributed by atoms with Crippen molar-refractivity contribution in [3.05, 3.63) is 35.1 Å². The molecule has 0 aliphatic heterocycles. The van der Waals surface area contributed by atoms with Gasteiger partial charge < -0.3 is 0 Å². The molecular formula is C11H10F4O. The quantitative estimate of drug-likeness (QED) is 0.565. The molecule has 88 valence electrons. The number of hydrogen-bond acceptors (Lipinski definition) is 1. The van der Waals surface area contributed by atoms with Crippen LogP contribution in [0.5, 0.6) is 0 Å². The minimum atomic E-state index is -4.55. The summed E-state index contributed by atoms with van der Waals surface area (Å²) >= 11 is 0. The molecule has 5 heteroatoms. The number of carbonyl (C=O) groups is 1. The maximum atomic E-state index is 13.4. The van der Waals surface area contributed by atoms with E-state index in [0.717, 1.165) is 26.0 Å². The highest BCUT2D eigenvalue weighted by Gasteiger charge is 2.49. The van der Waals surface area contributed by atoms with Crippen molar-refractivity contribution in [3.8, 4) is 0 Å². The fourth-order valence-electron chi connectivity index (χ4n) is 1.26. The summed E-state index contributed by atoms with van der Waals surface area (Å²) in [5, 5.41) is 0. The lowest BCUT2D eigenvalue weighted by atomic mass is 9.83. The fraction of sp³-hybridized carbons (Fsp3) is 0.364. The van der Waals surface area contributed by atoms with E-state index in [2.05, 4.69) is 0 Å². The summed E-state index contributed by atoms with van der Waals surface area (Å²) in [4.78, 5) is 10.3. The largest absolute Gasteiger partial charge is 0.398 e. The van der Waals surface area contributed by atoms with Crippen LogP contribution >= 0.6 is 0 Å². The van der Waals surface area contributed by atoms with Crippen LogP contribution in [0.4, 0.5) is 17.6 Å². The lowest BCUT2D eigenvalue weighted by molar-refractivity contribution is -0.180. The minimum absolute atomic E-state index is 0.0132. The van der Waals surface area contributed by atoms with E-state index in [1.807, 2.05) is 0 Å². The lowest BCUT2D eigenvalue weighted by Gasteiger charge is -2.28. The standard InChI is InChI=1S/C11H10F4O/c1-10(2,11(13,14)15)8-4-3-7(6-16)5-9(8)12/h3-6H,1-2H3. The number of carbonyl (C=O) groups excluding carboxylic acids is 1. The number of rotatable bonds is 2. The molecule has 1 nitrogen and oxygen atoms in total. The van der Waals surface area contributed by atoms with Crippen molar-refractivity contribution >= 4 is 6.29 Å². The van der Waals surface area contributed by atoms with Gasteiger partial charge in [0.05, 0.1) is 5.41 Å². The molecule has 1 rings (SSSR count). The van der Waals surface area contributed by atoms with Gasteiger partial charge in [-0.2, -0.15) is 13.2 Å². The van der Waals surface area contributed by atoms with Crippen molar-refractivity contribution in [3.63, 3.8) is 0 Å². The first-order valence-corrected chi connectivity index (χ1v) is 4.52. The zero-order chi connectivity index (χ0) is 12.6. The van der Waals surface area contributed by atoms with Gasteiger partial charge in [0.1, 0.15) is 12.1 Å². The van der Waals surface area contributed by atoms with Gasteiger partial charge in [0.2, 0.25) is 0 Å². The Hall–Kier alpha value is -1.39. The lowest BCUT2D eigenvalue weighted by Crippen LogP contribution is -2.37. The molecule has 0 radical (unpaired) electrons. The summed E-state index contributed by atoms with van der Waals surface area (Å²) in [7, 11) is 0. The van der Waals surface area contributed by atoms with E-state index in [1.165, 1.54) is 6.07 Å². The highest BCUT2D eigenvalue weighted by Crippen LogP contribution is 2.41. The van der Waals surface area contributed by atoms with E-state index >= 15 is 0 Å². The second-order valence-electron chi connectivity index (χ2n) is 3.98. The molecule has 16 heavy (non-hydrogen) atoms. The van der Waals surface area contributed by atoms with Crippen LogP contribution in [0.2, 0.25) is 0 Å². The van der Waals surface area contributed by atoms with E-state index in [4.69, 9.17) is 0 Å². The first-order chi connectivity index (χ1) is 7.20. The Morgan fingerprint density at radius 1 is 1.19 bits per heavy atom. The summed E-state index contributed by atoms with van der Waals surface area (Å²) in [6.45, 7) is 1.79. The Kier molecular flexibility index (Phi) is 3.08. The highest BCUT2D eigenvalue weighted by atomic mass is 19.4. The Morgan fingerprint density at radius 2 is 1.75 bits per heavy atom. The van der Waals surface area contributed by atoms with Crippen LogP contribution in [-0.4, -0.2) is 12.5 Å². The molecule has 0 N–H and O–H groups in total. The van der Waals surface area contributed by atoms with Crippen molar-refractivity contribution in [1.82, 2.24) is 0 Å². The maximum absolute atomic E-state index is 13.4. The number of aldehydes is 1. The van der Waals surface area contributed by atoms with E-state index in [-0.39, 0.29) is 5.56 Å². The molecule has 0 amide bonds. The summed E-state index contributed by atoms with van der Waals surface area (Å²) in [5.41, 5.74) is -2.73. The number of hydrogen-bond donors (Lipinski definition) is 0. The average Bonchev–Trinajstić information content (AvgIpc) is 2.15. The molecule has 1 aromatic carbocycles. The van der Waals surface area contributed by atoms with Gasteiger partial charge in [0.25, 0.3) is 0 Å². The van der Waals surface area contributed by atoms with Crippen LogP contribution < -0.4 is 0 Å². The highest BCUT2D eigenvalue weighted by molar-refractivity contribution is 5.74. The molecule has 0 aromatic heterocycles. The minimum Gasteiger partial charge on any atom is -0.298 e. The van der Waals surface area contributed by atoms with E-state index in [9.17, 15) is 22.4 Å². The third-order valence-electron chi connectivity index (χ3n) is 2.51. The van der Waals surface area contributed by atoms with Gasteiger partial charge in [-0.05, 0) is 19.9 Å². The molecule has 0 spiro atoms. The van der Waals surface area contributed by atoms with Gasteiger partial charge in [-0.15, -0.1) is 0 Å². The average molecular weight is 234 g/mol. The summed E-state index contributed by atoms with van der Waals surface area (Å²) in [5.74, 6) is -1.02. The number of halogens is 4. The SMILES string of the molecule is CC(C)(c1ccc(C=O)cc1F)C(F)(F)F. The molecule has 1 aromatic rings. The molecule has 0 unspecified atom stereocenters. The molecule has 0 aliphatic rings. The van der Waals surface area contributed by atoms with Crippen LogP contribution in [-0.2, 0) is 5.41 Å². The van der Waals surface area contributed by atoms with Crippen LogP contribution in [0.15, 0.2) is 18.2 Å². The van der Waals surface area contributed by atoms with Crippen molar-refractivity contribution in [1.29, 1.82) is 0 Å². The Bertz CT molecular complexity index is 407.